The summed E-state index contributed by atoms with van der Waals surface area (Å²) < 4.78 is 17.9. The number of ether oxygens (including phenoxy) is 3. The van der Waals surface area contributed by atoms with Gasteiger partial charge in [-0.3, -0.25) is 14.4 Å². The van der Waals surface area contributed by atoms with E-state index >= 15 is 0 Å². The largest absolute Gasteiger partial charge is 0.458 e. The van der Waals surface area contributed by atoms with E-state index in [1.165, 1.54) is 6.92 Å². The Morgan fingerprint density at radius 3 is 2.67 bits per heavy atom. The maximum atomic E-state index is 13.7. The molecule has 4 aliphatic carbocycles. The molecule has 0 aromatic carbocycles. The van der Waals surface area contributed by atoms with E-state index in [1.54, 1.807) is 26.0 Å². The van der Waals surface area contributed by atoms with Gasteiger partial charge in [-0.1, -0.05) is 25.5 Å². The number of allylic oxidation sites excluding steroid dienone is 4. The van der Waals surface area contributed by atoms with Crippen molar-refractivity contribution in [1.82, 2.24) is 0 Å². The van der Waals surface area contributed by atoms with E-state index in [9.17, 15) is 19.5 Å². The first kappa shape index (κ1) is 22.9. The Labute approximate surface area is 194 Å². The molecule has 5 aliphatic rings. The van der Waals surface area contributed by atoms with Crippen LogP contribution < -0.4 is 0 Å². The van der Waals surface area contributed by atoms with Crippen molar-refractivity contribution in [1.29, 1.82) is 0 Å². The fourth-order valence-corrected chi connectivity index (χ4v) is 8.20. The molecule has 0 bridgehead atoms. The van der Waals surface area contributed by atoms with Crippen molar-refractivity contribution in [3.05, 3.63) is 23.8 Å². The second-order valence-electron chi connectivity index (χ2n) is 11.5. The Bertz CT molecular complexity index is 979. The van der Waals surface area contributed by atoms with Gasteiger partial charge in [0.25, 0.3) is 0 Å². The number of hydrogen-bond acceptors (Lipinski definition) is 7. The quantitative estimate of drug-likeness (QED) is 0.510. The van der Waals surface area contributed by atoms with Crippen LogP contribution in [0.4, 0.5) is 0 Å². The average molecular weight is 462 g/mol. The highest BCUT2D eigenvalue weighted by Crippen LogP contribution is 2.70. The van der Waals surface area contributed by atoms with E-state index in [2.05, 4.69) is 6.92 Å². The minimum absolute atomic E-state index is 0.00510. The molecule has 5 rings (SSSR count). The molecule has 0 aromatic heterocycles. The first-order valence-corrected chi connectivity index (χ1v) is 12.0. The molecule has 33 heavy (non-hydrogen) atoms. The molecule has 1 heterocycles. The molecule has 180 valence electrons. The Kier molecular flexibility index (Phi) is 4.93. The second-order valence-corrected chi connectivity index (χ2v) is 11.5. The zero-order valence-corrected chi connectivity index (χ0v) is 20.1. The summed E-state index contributed by atoms with van der Waals surface area (Å²) in [5, 5.41) is 11.6. The maximum Gasteiger partial charge on any atom is 0.303 e. The number of rotatable bonds is 3. The van der Waals surface area contributed by atoms with E-state index < -0.39 is 35.0 Å². The lowest BCUT2D eigenvalue weighted by atomic mass is 9.46. The van der Waals surface area contributed by atoms with Gasteiger partial charge in [-0.05, 0) is 63.5 Å². The molecule has 7 nitrogen and oxygen atoms in total. The predicted octanol–water partition coefficient (Wildman–Crippen LogP) is 2.90. The van der Waals surface area contributed by atoms with Crippen molar-refractivity contribution in [3.8, 4) is 0 Å². The molecule has 1 N–H and O–H groups in total. The lowest BCUT2D eigenvalue weighted by molar-refractivity contribution is -0.225. The summed E-state index contributed by atoms with van der Waals surface area (Å²) in [4.78, 5) is 37.1. The molecule has 1 aliphatic heterocycles. The summed E-state index contributed by atoms with van der Waals surface area (Å²) in [6.45, 7) is 8.68. The van der Waals surface area contributed by atoms with Crippen molar-refractivity contribution in [3.63, 3.8) is 0 Å². The van der Waals surface area contributed by atoms with Crippen LogP contribution in [0, 0.1) is 28.6 Å². The highest BCUT2D eigenvalue weighted by molar-refractivity contribution is 6.01. The van der Waals surface area contributed by atoms with Crippen molar-refractivity contribution in [2.75, 3.05) is 6.61 Å². The molecule has 4 fully saturated rings. The summed E-state index contributed by atoms with van der Waals surface area (Å²) >= 11 is 0. The molecule has 3 saturated carbocycles. The predicted molar refractivity (Wildman–Crippen MR) is 118 cm³/mol. The average Bonchev–Trinajstić information content (AvgIpc) is 3.12. The third kappa shape index (κ3) is 3.01. The number of carbonyl (C=O) groups is 3. The van der Waals surface area contributed by atoms with Gasteiger partial charge in [-0.25, -0.2) is 0 Å². The summed E-state index contributed by atoms with van der Waals surface area (Å²) in [7, 11) is 0. The number of fused-ring (bicyclic) bond motifs is 7. The molecule has 1 saturated heterocycles. The SMILES string of the molecule is CC(=O)OCC(=O)[C@@]12O[13C]([13CH3])([13CH3])O[C@@H]1C[C@H]1[C@@H]3CCC4=CC(=O)C=C[C@]4(C)[C@H]3[C@@H](O)C[C@@]12C. The van der Waals surface area contributed by atoms with Crippen molar-refractivity contribution < 1.29 is 33.7 Å². The maximum absolute atomic E-state index is 13.7. The van der Waals surface area contributed by atoms with Crippen molar-refractivity contribution in [2.45, 2.75) is 83.9 Å². The Morgan fingerprint density at radius 1 is 1.24 bits per heavy atom. The normalized spacial score (nSPS) is 47.2. The highest BCUT2D eigenvalue weighted by atomic mass is 16.9. The van der Waals surface area contributed by atoms with Crippen LogP contribution in [0.25, 0.3) is 0 Å². The second kappa shape index (κ2) is 7.09. The molecule has 0 unspecified atom stereocenters. The van der Waals surface area contributed by atoms with Gasteiger partial charge < -0.3 is 19.3 Å². The van der Waals surface area contributed by atoms with Crippen LogP contribution in [-0.4, -0.2) is 52.8 Å². The van der Waals surface area contributed by atoms with Crippen LogP contribution in [0.1, 0.15) is 60.3 Å². The van der Waals surface area contributed by atoms with E-state index in [-0.39, 0.29) is 41.3 Å². The first-order valence-electron chi connectivity index (χ1n) is 12.0. The zero-order valence-electron chi connectivity index (χ0n) is 20.1. The summed E-state index contributed by atoms with van der Waals surface area (Å²) in [5.41, 5.74) is -1.25. The zero-order chi connectivity index (χ0) is 24.0. The fraction of sp³-hybridized carbons (Fsp3) is 0.731. The van der Waals surface area contributed by atoms with Crippen LogP contribution in [-0.2, 0) is 28.6 Å². The highest BCUT2D eigenvalue weighted by Gasteiger charge is 2.76. The Hall–Kier alpha value is -1.83. The molecular formula is C26H34O7. The smallest absolute Gasteiger partial charge is 0.303 e. The van der Waals surface area contributed by atoms with Crippen molar-refractivity contribution in [2.24, 2.45) is 28.6 Å². The van der Waals surface area contributed by atoms with Crippen LogP contribution in [0.2, 0.25) is 0 Å². The van der Waals surface area contributed by atoms with Gasteiger partial charge in [0.1, 0.15) is 0 Å². The number of aliphatic hydroxyl groups is 1. The van der Waals surface area contributed by atoms with E-state index in [1.807, 2.05) is 13.0 Å². The molecule has 0 amide bonds. The topological polar surface area (TPSA) is 99.1 Å². The number of carbonyl (C=O) groups excluding carboxylic acids is 3. The molecular weight excluding hydrogens is 427 g/mol. The molecule has 0 radical (unpaired) electrons. The van der Waals surface area contributed by atoms with Gasteiger partial charge >= 0.3 is 5.97 Å². The van der Waals surface area contributed by atoms with Gasteiger partial charge in [-0.2, -0.15) is 0 Å². The van der Waals surface area contributed by atoms with Gasteiger partial charge in [-0.15, -0.1) is 0 Å². The van der Waals surface area contributed by atoms with Gasteiger partial charge in [0.05, 0.1) is 12.2 Å². The molecule has 8 atom stereocenters. The lowest BCUT2D eigenvalue weighted by Crippen LogP contribution is -2.64. The summed E-state index contributed by atoms with van der Waals surface area (Å²) in [6.07, 6.45) is 6.85. The van der Waals surface area contributed by atoms with Crippen LogP contribution >= 0.6 is 0 Å². The minimum Gasteiger partial charge on any atom is -0.458 e. The van der Waals surface area contributed by atoms with Gasteiger partial charge in [0.2, 0.25) is 5.78 Å². The first-order chi connectivity index (χ1) is 15.3. The van der Waals surface area contributed by atoms with Crippen LogP contribution in [0.3, 0.4) is 0 Å². The number of esters is 1. The number of hydrogen-bond donors (Lipinski definition) is 1. The third-order valence-electron chi connectivity index (χ3n) is 9.31. The standard InChI is InChI=1S/C26H34O7/c1-14(27)31-13-20(30)26-21(32-23(2,3)33-26)11-18-17-7-6-15-10-16(28)8-9-24(15,4)22(17)19(29)12-25(18,26)5/h8-10,17-19,21-22,29H,6-7,11-13H2,1-5H3/t17-,18-,19-,21+,22+,24-,25-,26+/m0/s1/i2+1,3+1,23+1. The van der Waals surface area contributed by atoms with Crippen LogP contribution in [0.5, 0.6) is 0 Å². The van der Waals surface area contributed by atoms with Gasteiger partial charge in [0.15, 0.2) is 23.8 Å². The lowest BCUT2D eigenvalue weighted by Gasteiger charge is -2.59. The van der Waals surface area contributed by atoms with Crippen molar-refractivity contribution >= 4 is 17.5 Å². The summed E-state index contributed by atoms with van der Waals surface area (Å²) in [6, 6.07) is 0. The minimum atomic E-state index is -1.28. The fourth-order valence-electron chi connectivity index (χ4n) is 8.20. The Morgan fingerprint density at radius 2 is 1.97 bits per heavy atom. The Balaban J connectivity index is 1.56. The number of ketones is 2. The summed E-state index contributed by atoms with van der Waals surface area (Å²) in [5.74, 6) is -1.56. The van der Waals surface area contributed by atoms with E-state index in [0.29, 0.717) is 12.8 Å². The molecule has 0 spiro atoms. The van der Waals surface area contributed by atoms with E-state index in [4.69, 9.17) is 14.2 Å². The van der Waals surface area contributed by atoms with Gasteiger partial charge in [0, 0.05) is 23.7 Å². The van der Waals surface area contributed by atoms with Crippen LogP contribution in [0.15, 0.2) is 23.8 Å². The monoisotopic (exact) mass is 461 g/mol. The number of Topliss-reactive ketones (excluding diaryl/α,β-unsaturated/α-hetero) is 1. The van der Waals surface area contributed by atoms with E-state index in [0.717, 1.165) is 18.4 Å². The molecule has 7 heteroatoms. The number of aliphatic hydroxyl groups excluding tert-OH is 1. The molecule has 0 aromatic rings. The third-order valence-corrected chi connectivity index (χ3v) is 9.31.